The van der Waals surface area contributed by atoms with Crippen LogP contribution in [0.2, 0.25) is 0 Å². The van der Waals surface area contributed by atoms with Gasteiger partial charge < -0.3 is 10.1 Å². The normalized spacial score (nSPS) is 23.2. The largest absolute Gasteiger partial charge is 0.372 e. The Morgan fingerprint density at radius 2 is 2.00 bits per heavy atom. The number of aromatic nitrogens is 1. The van der Waals surface area contributed by atoms with E-state index in [9.17, 15) is 0 Å². The molecule has 1 heterocycles. The topological polar surface area (TPSA) is 34.1 Å². The maximum Gasteiger partial charge on any atom is 0.0891 e. The molecule has 21 heavy (non-hydrogen) atoms. The van der Waals surface area contributed by atoms with Crippen LogP contribution in [0.3, 0.4) is 0 Å². The van der Waals surface area contributed by atoms with E-state index in [-0.39, 0.29) is 5.54 Å². The van der Waals surface area contributed by atoms with Crippen LogP contribution in [0, 0.1) is 5.92 Å². The predicted molar refractivity (Wildman–Crippen MR) is 87.0 cm³/mol. The minimum atomic E-state index is 0.138. The lowest BCUT2D eigenvalue weighted by molar-refractivity contribution is -0.0167. The van der Waals surface area contributed by atoms with Crippen LogP contribution in [0.15, 0.2) is 18.3 Å². The van der Waals surface area contributed by atoms with Gasteiger partial charge in [-0.3, -0.25) is 4.98 Å². The fraction of sp³-hybridized carbons (Fsp3) is 0.722. The van der Waals surface area contributed by atoms with Gasteiger partial charge in [-0.05, 0) is 51.2 Å². The number of hydrogen-bond donors (Lipinski definition) is 1. The van der Waals surface area contributed by atoms with Gasteiger partial charge in [-0.25, -0.2) is 0 Å². The Morgan fingerprint density at radius 1 is 1.24 bits per heavy atom. The molecule has 3 nitrogen and oxygen atoms in total. The summed E-state index contributed by atoms with van der Waals surface area (Å²) in [4.78, 5) is 4.52. The quantitative estimate of drug-likeness (QED) is 0.887. The molecule has 0 radical (unpaired) electrons. The van der Waals surface area contributed by atoms with Gasteiger partial charge in [0.05, 0.1) is 18.4 Å². The first kappa shape index (κ1) is 16.4. The van der Waals surface area contributed by atoms with Gasteiger partial charge in [0.2, 0.25) is 0 Å². The van der Waals surface area contributed by atoms with Crippen molar-refractivity contribution in [2.24, 2.45) is 5.92 Å². The first-order chi connectivity index (χ1) is 9.94. The molecule has 1 saturated carbocycles. The van der Waals surface area contributed by atoms with Gasteiger partial charge in [-0.1, -0.05) is 25.8 Å². The van der Waals surface area contributed by atoms with E-state index in [0.717, 1.165) is 12.2 Å². The number of pyridine rings is 1. The summed E-state index contributed by atoms with van der Waals surface area (Å²) in [6.45, 7) is 10.3. The molecule has 2 atom stereocenters. The molecule has 0 spiro atoms. The lowest BCUT2D eigenvalue weighted by Crippen LogP contribution is -2.35. The van der Waals surface area contributed by atoms with Crippen molar-refractivity contribution in [3.8, 4) is 0 Å². The highest BCUT2D eigenvalue weighted by Gasteiger charge is 2.21. The van der Waals surface area contributed by atoms with Crippen molar-refractivity contribution in [1.82, 2.24) is 10.3 Å². The highest BCUT2D eigenvalue weighted by atomic mass is 16.5. The molecule has 1 aromatic heterocycles. The van der Waals surface area contributed by atoms with E-state index in [1.807, 2.05) is 6.20 Å². The fourth-order valence-corrected chi connectivity index (χ4v) is 2.73. The molecule has 1 aliphatic rings. The number of ether oxygens (including phenoxy) is 1. The summed E-state index contributed by atoms with van der Waals surface area (Å²) in [7, 11) is 0. The van der Waals surface area contributed by atoms with Gasteiger partial charge >= 0.3 is 0 Å². The molecule has 1 aromatic rings. The van der Waals surface area contributed by atoms with Crippen LogP contribution in [0.5, 0.6) is 0 Å². The third kappa shape index (κ3) is 5.76. The highest BCUT2D eigenvalue weighted by Crippen LogP contribution is 2.26. The van der Waals surface area contributed by atoms with Crippen LogP contribution in [0.25, 0.3) is 0 Å². The number of rotatable bonds is 5. The average molecular weight is 290 g/mol. The molecule has 2 unspecified atom stereocenters. The number of nitrogens with zero attached hydrogens (tertiary/aromatic N) is 1. The molecule has 0 saturated heterocycles. The zero-order valence-corrected chi connectivity index (χ0v) is 14.0. The van der Waals surface area contributed by atoms with Crippen molar-refractivity contribution < 1.29 is 4.74 Å². The zero-order valence-electron chi connectivity index (χ0n) is 14.0. The monoisotopic (exact) mass is 290 g/mol. The second-order valence-electron chi connectivity index (χ2n) is 7.37. The molecule has 0 amide bonds. The highest BCUT2D eigenvalue weighted by molar-refractivity contribution is 5.13. The smallest absolute Gasteiger partial charge is 0.0891 e. The molecule has 2 rings (SSSR count). The minimum absolute atomic E-state index is 0.138. The van der Waals surface area contributed by atoms with Gasteiger partial charge in [0, 0.05) is 18.3 Å². The van der Waals surface area contributed by atoms with Crippen LogP contribution in [0.4, 0.5) is 0 Å². The molecule has 3 heteroatoms. The molecule has 0 bridgehead atoms. The van der Waals surface area contributed by atoms with Gasteiger partial charge in [-0.15, -0.1) is 0 Å². The SMILES string of the molecule is CC1CCCCC1OCc1ccc(CNC(C)(C)C)cn1. The summed E-state index contributed by atoms with van der Waals surface area (Å²) < 4.78 is 6.06. The van der Waals surface area contributed by atoms with Crippen LogP contribution in [-0.4, -0.2) is 16.6 Å². The van der Waals surface area contributed by atoms with Crippen molar-refractivity contribution >= 4 is 0 Å². The van der Waals surface area contributed by atoms with Crippen LogP contribution in [0.1, 0.15) is 64.6 Å². The van der Waals surface area contributed by atoms with Crippen molar-refractivity contribution in [2.45, 2.75) is 78.2 Å². The summed E-state index contributed by atoms with van der Waals surface area (Å²) in [5.41, 5.74) is 2.39. The van der Waals surface area contributed by atoms with Crippen LogP contribution < -0.4 is 5.32 Å². The van der Waals surface area contributed by atoms with E-state index in [1.54, 1.807) is 0 Å². The summed E-state index contributed by atoms with van der Waals surface area (Å²) in [6.07, 6.45) is 7.54. The number of hydrogen-bond acceptors (Lipinski definition) is 3. The van der Waals surface area contributed by atoms with Crippen LogP contribution in [-0.2, 0) is 17.9 Å². The summed E-state index contributed by atoms with van der Waals surface area (Å²) in [5, 5.41) is 3.48. The van der Waals surface area contributed by atoms with Crippen molar-refractivity contribution in [1.29, 1.82) is 0 Å². The van der Waals surface area contributed by atoms with Gasteiger partial charge in [0.25, 0.3) is 0 Å². The fourth-order valence-electron chi connectivity index (χ4n) is 2.73. The van der Waals surface area contributed by atoms with E-state index >= 15 is 0 Å². The van der Waals surface area contributed by atoms with Crippen LogP contribution >= 0.6 is 0 Å². The second-order valence-corrected chi connectivity index (χ2v) is 7.37. The summed E-state index contributed by atoms with van der Waals surface area (Å²) >= 11 is 0. The first-order valence-electron chi connectivity index (χ1n) is 8.24. The van der Waals surface area contributed by atoms with Gasteiger partial charge in [0.15, 0.2) is 0 Å². The Balaban J connectivity index is 1.79. The average Bonchev–Trinajstić information content (AvgIpc) is 2.45. The van der Waals surface area contributed by atoms with Gasteiger partial charge in [0.1, 0.15) is 0 Å². The minimum Gasteiger partial charge on any atom is -0.372 e. The van der Waals surface area contributed by atoms with E-state index in [4.69, 9.17) is 4.74 Å². The standard InChI is InChI=1S/C18H30N2O/c1-14-7-5-6-8-17(14)21-13-16-10-9-15(11-19-16)12-20-18(2,3)4/h9-11,14,17,20H,5-8,12-13H2,1-4H3. The Bertz CT molecular complexity index is 422. The van der Waals surface area contributed by atoms with E-state index in [0.29, 0.717) is 18.6 Å². The number of nitrogens with one attached hydrogen (secondary N) is 1. The summed E-state index contributed by atoms with van der Waals surface area (Å²) in [5.74, 6) is 0.689. The third-order valence-electron chi connectivity index (χ3n) is 4.19. The lowest BCUT2D eigenvalue weighted by Gasteiger charge is -2.28. The Hall–Kier alpha value is -0.930. The Morgan fingerprint density at radius 3 is 2.62 bits per heavy atom. The van der Waals surface area contributed by atoms with E-state index in [1.165, 1.54) is 31.2 Å². The molecular weight excluding hydrogens is 260 g/mol. The van der Waals surface area contributed by atoms with Crippen molar-refractivity contribution in [3.05, 3.63) is 29.6 Å². The lowest BCUT2D eigenvalue weighted by atomic mass is 9.88. The molecule has 1 fully saturated rings. The van der Waals surface area contributed by atoms with Crippen molar-refractivity contribution in [3.63, 3.8) is 0 Å². The Kier molecular flexibility index (Phi) is 5.77. The van der Waals surface area contributed by atoms with Gasteiger partial charge in [-0.2, -0.15) is 0 Å². The molecule has 1 aliphatic carbocycles. The second kappa shape index (κ2) is 7.37. The zero-order chi connectivity index (χ0) is 15.3. The van der Waals surface area contributed by atoms with Crippen molar-refractivity contribution in [2.75, 3.05) is 0 Å². The first-order valence-corrected chi connectivity index (χ1v) is 8.24. The maximum atomic E-state index is 6.06. The summed E-state index contributed by atoms with van der Waals surface area (Å²) in [6, 6.07) is 4.24. The molecule has 0 aliphatic heterocycles. The van der Waals surface area contributed by atoms with E-state index in [2.05, 4.69) is 50.1 Å². The Labute approximate surface area is 129 Å². The maximum absolute atomic E-state index is 6.06. The molecule has 0 aromatic carbocycles. The molecule has 1 N–H and O–H groups in total. The third-order valence-corrected chi connectivity index (χ3v) is 4.19. The molecule has 118 valence electrons. The predicted octanol–water partition coefficient (Wildman–Crippen LogP) is 4.07. The van der Waals surface area contributed by atoms with E-state index < -0.39 is 0 Å². The molecular formula is C18H30N2O.